The van der Waals surface area contributed by atoms with E-state index in [1.165, 1.54) is 10.9 Å². The largest absolute Gasteiger partial charge is 0.255 e. The summed E-state index contributed by atoms with van der Waals surface area (Å²) < 4.78 is 25.1. The quantitative estimate of drug-likeness (QED) is 0.584. The highest BCUT2D eigenvalue weighted by molar-refractivity contribution is 7.89. The molecule has 2 saturated heterocycles. The Balaban J connectivity index is 1.99. The van der Waals surface area contributed by atoms with Crippen LogP contribution in [0.2, 0.25) is 0 Å². The number of sulfonamides is 1. The molecule has 2 bridgehead atoms. The van der Waals surface area contributed by atoms with Crippen molar-refractivity contribution in [1.29, 1.82) is 0 Å². The molecule has 84 valence electrons. The lowest BCUT2D eigenvalue weighted by Crippen LogP contribution is -2.41. The van der Waals surface area contributed by atoms with E-state index in [2.05, 4.69) is 13.8 Å². The van der Waals surface area contributed by atoms with Crippen LogP contribution >= 0.6 is 0 Å². The first-order valence-electron chi connectivity index (χ1n) is 5.58. The Kier molecular flexibility index (Phi) is 1.13. The van der Waals surface area contributed by atoms with E-state index < -0.39 is 15.7 Å². The third-order valence-electron chi connectivity index (χ3n) is 5.62. The van der Waals surface area contributed by atoms with Gasteiger partial charge in [-0.25, -0.2) is 8.42 Å². The van der Waals surface area contributed by atoms with E-state index in [1.807, 2.05) is 0 Å². The predicted molar refractivity (Wildman–Crippen MR) is 53.0 cm³/mol. The second-order valence-corrected chi connectivity index (χ2v) is 7.89. The van der Waals surface area contributed by atoms with Gasteiger partial charge in [0.25, 0.3) is 0 Å². The molecule has 0 aromatic rings. The van der Waals surface area contributed by atoms with Gasteiger partial charge in [0, 0.05) is 5.41 Å². The maximum atomic E-state index is 11.9. The molecule has 0 aromatic heterocycles. The van der Waals surface area contributed by atoms with Gasteiger partial charge in [0.2, 0.25) is 10.0 Å². The molecule has 4 aliphatic rings. The zero-order chi connectivity index (χ0) is 10.7. The predicted octanol–water partition coefficient (Wildman–Crippen LogP) is 1.10. The first-order valence-corrected chi connectivity index (χ1v) is 7.19. The normalized spacial score (nSPS) is 61.5. The SMILES string of the molecule is CC1(C)C2CC[C@@]13CS(=O)(=O)[N@]1OC13C2. The first kappa shape index (κ1) is 8.96. The Bertz CT molecular complexity index is 471. The summed E-state index contributed by atoms with van der Waals surface area (Å²) in [7, 11) is -3.12. The Morgan fingerprint density at radius 3 is 2.67 bits per heavy atom. The molecule has 0 amide bonds. The molecular formula is C10H15NO3S. The third kappa shape index (κ3) is 0.626. The van der Waals surface area contributed by atoms with Crippen LogP contribution in [-0.2, 0) is 14.9 Å². The van der Waals surface area contributed by atoms with Crippen LogP contribution in [0.1, 0.15) is 33.1 Å². The summed E-state index contributed by atoms with van der Waals surface area (Å²) in [4.78, 5) is 5.49. The van der Waals surface area contributed by atoms with Crippen LogP contribution in [0, 0.1) is 16.7 Å². The lowest BCUT2D eigenvalue weighted by atomic mass is 9.68. The van der Waals surface area contributed by atoms with Crippen molar-refractivity contribution in [3.05, 3.63) is 0 Å². The van der Waals surface area contributed by atoms with Gasteiger partial charge in [-0.3, -0.25) is 4.84 Å². The van der Waals surface area contributed by atoms with Gasteiger partial charge in [0.15, 0.2) is 5.72 Å². The van der Waals surface area contributed by atoms with Crippen molar-refractivity contribution < 1.29 is 13.3 Å². The number of fused-ring (bicyclic) bond motifs is 1. The minimum atomic E-state index is -3.12. The molecule has 4 atom stereocenters. The molecule has 4 rings (SSSR count). The maximum Gasteiger partial charge on any atom is 0.239 e. The molecule has 0 aromatic carbocycles. The number of rotatable bonds is 0. The van der Waals surface area contributed by atoms with E-state index in [1.54, 1.807) is 0 Å². The van der Waals surface area contributed by atoms with Crippen LogP contribution in [0.15, 0.2) is 0 Å². The summed E-state index contributed by atoms with van der Waals surface area (Å²) in [6.07, 6.45) is 3.10. The topological polar surface area (TPSA) is 49.7 Å². The van der Waals surface area contributed by atoms with E-state index in [0.717, 1.165) is 12.8 Å². The molecule has 0 radical (unpaired) electrons. The van der Waals surface area contributed by atoms with Crippen molar-refractivity contribution in [1.82, 2.24) is 4.47 Å². The molecular weight excluding hydrogens is 214 g/mol. The Morgan fingerprint density at radius 1 is 1.40 bits per heavy atom. The van der Waals surface area contributed by atoms with Crippen molar-refractivity contribution in [2.24, 2.45) is 16.7 Å². The zero-order valence-corrected chi connectivity index (χ0v) is 9.80. The molecule has 5 heteroatoms. The highest BCUT2D eigenvalue weighted by Gasteiger charge is 2.88. The minimum absolute atomic E-state index is 0.116. The Labute approximate surface area is 89.6 Å². The van der Waals surface area contributed by atoms with Gasteiger partial charge < -0.3 is 0 Å². The van der Waals surface area contributed by atoms with Crippen molar-refractivity contribution in [2.75, 3.05) is 5.75 Å². The lowest BCUT2D eigenvalue weighted by molar-refractivity contribution is 0.0724. The average Bonchev–Trinajstić information content (AvgIpc) is 2.70. The van der Waals surface area contributed by atoms with Gasteiger partial charge in [-0.05, 0) is 35.1 Å². The van der Waals surface area contributed by atoms with E-state index in [9.17, 15) is 8.42 Å². The van der Waals surface area contributed by atoms with Crippen molar-refractivity contribution >= 4 is 10.0 Å². The summed E-state index contributed by atoms with van der Waals surface area (Å²) in [6, 6.07) is 0. The fourth-order valence-corrected chi connectivity index (χ4v) is 7.01. The highest BCUT2D eigenvalue weighted by Crippen LogP contribution is 2.80. The molecule has 4 fully saturated rings. The van der Waals surface area contributed by atoms with Crippen molar-refractivity contribution in [3.8, 4) is 0 Å². The molecule has 15 heavy (non-hydrogen) atoms. The number of hydroxylamine groups is 1. The van der Waals surface area contributed by atoms with E-state index in [4.69, 9.17) is 4.84 Å². The van der Waals surface area contributed by atoms with E-state index in [0.29, 0.717) is 11.7 Å². The molecule has 0 N–H and O–H groups in total. The summed E-state index contributed by atoms with van der Waals surface area (Å²) in [6.45, 7) is 4.44. The van der Waals surface area contributed by atoms with Crippen LogP contribution < -0.4 is 0 Å². The zero-order valence-electron chi connectivity index (χ0n) is 8.99. The smallest absolute Gasteiger partial charge is 0.239 e. The van der Waals surface area contributed by atoms with Crippen LogP contribution in [0.25, 0.3) is 0 Å². The van der Waals surface area contributed by atoms with Crippen LogP contribution in [0.5, 0.6) is 0 Å². The second-order valence-electron chi connectivity index (χ2n) is 6.10. The monoisotopic (exact) mass is 229 g/mol. The molecule has 2 aliphatic heterocycles. The fourth-order valence-electron chi connectivity index (χ4n) is 4.59. The molecule has 2 spiro atoms. The van der Waals surface area contributed by atoms with Gasteiger partial charge in [0.1, 0.15) is 0 Å². The van der Waals surface area contributed by atoms with Crippen molar-refractivity contribution in [3.63, 3.8) is 0 Å². The van der Waals surface area contributed by atoms with Gasteiger partial charge in [-0.2, -0.15) is 0 Å². The third-order valence-corrected chi connectivity index (χ3v) is 7.35. The maximum absolute atomic E-state index is 11.9. The summed E-state index contributed by atoms with van der Waals surface area (Å²) in [5, 5.41) is 0. The number of nitrogens with zero attached hydrogens (tertiary/aromatic N) is 1. The number of hydrogen-bond donors (Lipinski definition) is 0. The molecule has 2 aliphatic carbocycles. The van der Waals surface area contributed by atoms with Gasteiger partial charge in [-0.1, -0.05) is 13.8 Å². The Morgan fingerprint density at radius 2 is 2.13 bits per heavy atom. The minimum Gasteiger partial charge on any atom is -0.255 e. The summed E-state index contributed by atoms with van der Waals surface area (Å²) in [5.41, 5.74) is -0.424. The van der Waals surface area contributed by atoms with Crippen LogP contribution in [0.3, 0.4) is 0 Å². The molecule has 2 saturated carbocycles. The fraction of sp³-hybridized carbons (Fsp3) is 1.00. The highest BCUT2D eigenvalue weighted by atomic mass is 32.2. The first-order chi connectivity index (χ1) is 6.86. The lowest BCUT2D eigenvalue weighted by Gasteiger charge is -2.36. The van der Waals surface area contributed by atoms with E-state index in [-0.39, 0.29) is 10.8 Å². The second kappa shape index (κ2) is 1.89. The van der Waals surface area contributed by atoms with Gasteiger partial charge in [0.05, 0.1) is 5.75 Å². The van der Waals surface area contributed by atoms with Gasteiger partial charge >= 0.3 is 0 Å². The molecule has 2 unspecified atom stereocenters. The molecule has 4 nitrogen and oxygen atoms in total. The van der Waals surface area contributed by atoms with Gasteiger partial charge in [-0.15, -0.1) is 0 Å². The molecule has 2 heterocycles. The van der Waals surface area contributed by atoms with E-state index >= 15 is 0 Å². The standard InChI is InChI=1S/C10H15NO3S/c1-8(2)7-3-4-9(8)6-15(12,13)11-10(9,5-7)14-11/h7H,3-6H2,1-2H3/t7?,9-,10?,11+/m1/s1. The number of hydrogen-bond acceptors (Lipinski definition) is 3. The van der Waals surface area contributed by atoms with Crippen LogP contribution in [-0.4, -0.2) is 24.4 Å². The van der Waals surface area contributed by atoms with Crippen LogP contribution in [0.4, 0.5) is 0 Å². The Hall–Kier alpha value is -0.130. The summed E-state index contributed by atoms with van der Waals surface area (Å²) >= 11 is 0. The summed E-state index contributed by atoms with van der Waals surface area (Å²) in [5.74, 6) is 0.946. The van der Waals surface area contributed by atoms with Crippen molar-refractivity contribution in [2.45, 2.75) is 38.8 Å². The average molecular weight is 229 g/mol.